The van der Waals surface area contributed by atoms with Gasteiger partial charge in [0.25, 0.3) is 0 Å². The molecule has 0 saturated carbocycles. The van der Waals surface area contributed by atoms with Crippen LogP contribution in [0.4, 0.5) is 10.5 Å². The second kappa shape index (κ2) is 6.58. The van der Waals surface area contributed by atoms with Crippen LogP contribution in [0.3, 0.4) is 0 Å². The molecule has 1 N–H and O–H groups in total. The molecule has 0 unspecified atom stereocenters. The van der Waals surface area contributed by atoms with Crippen LogP contribution in [0.5, 0.6) is 0 Å². The number of amides is 2. The van der Waals surface area contributed by atoms with Gasteiger partial charge in [-0.25, -0.2) is 4.79 Å². The van der Waals surface area contributed by atoms with Crippen LogP contribution in [0.15, 0.2) is 48.7 Å². The molecule has 2 amide bonds. The summed E-state index contributed by atoms with van der Waals surface area (Å²) in [5.41, 5.74) is 2.52. The molecule has 112 valence electrons. The summed E-state index contributed by atoms with van der Waals surface area (Å²) in [5, 5.41) is 11.4. The highest BCUT2D eigenvalue weighted by atomic mass is 35.5. The monoisotopic (exact) mass is 314 g/mol. The number of urea groups is 1. The number of carbonyl (C=O) groups is 1. The molecule has 1 aromatic heterocycles. The van der Waals surface area contributed by atoms with E-state index >= 15 is 0 Å². The van der Waals surface area contributed by atoms with Crippen LogP contribution in [0.1, 0.15) is 12.1 Å². The lowest BCUT2D eigenvalue weighted by molar-refractivity contribution is 0.217. The SMILES string of the molecule is O=C(Nc1ccccc1)N1CC=C(c2nnccc2Cl)CC1. The minimum Gasteiger partial charge on any atom is -0.320 e. The summed E-state index contributed by atoms with van der Waals surface area (Å²) in [6.45, 7) is 1.15. The van der Waals surface area contributed by atoms with E-state index in [1.165, 1.54) is 0 Å². The van der Waals surface area contributed by atoms with Gasteiger partial charge in [-0.15, -0.1) is 5.10 Å². The van der Waals surface area contributed by atoms with Crippen molar-refractivity contribution in [3.63, 3.8) is 0 Å². The molecule has 0 aliphatic carbocycles. The lowest BCUT2D eigenvalue weighted by Crippen LogP contribution is -2.37. The number of hydrogen-bond donors (Lipinski definition) is 1. The van der Waals surface area contributed by atoms with Crippen molar-refractivity contribution >= 4 is 28.9 Å². The van der Waals surface area contributed by atoms with Gasteiger partial charge in [-0.2, -0.15) is 5.10 Å². The predicted octanol–water partition coefficient (Wildman–Crippen LogP) is 3.45. The van der Waals surface area contributed by atoms with Crippen molar-refractivity contribution in [2.24, 2.45) is 0 Å². The van der Waals surface area contributed by atoms with Crippen LogP contribution in [-0.2, 0) is 0 Å². The number of benzene rings is 1. The zero-order valence-corrected chi connectivity index (χ0v) is 12.6. The fourth-order valence-corrected chi connectivity index (χ4v) is 2.54. The molecule has 0 atom stereocenters. The topological polar surface area (TPSA) is 58.1 Å². The van der Waals surface area contributed by atoms with E-state index in [1.54, 1.807) is 17.2 Å². The van der Waals surface area contributed by atoms with Gasteiger partial charge in [0.05, 0.1) is 11.2 Å². The van der Waals surface area contributed by atoms with Gasteiger partial charge in [-0.05, 0) is 30.2 Å². The Morgan fingerprint density at radius 3 is 2.73 bits per heavy atom. The zero-order chi connectivity index (χ0) is 15.4. The third-order valence-corrected chi connectivity index (χ3v) is 3.80. The maximum Gasteiger partial charge on any atom is 0.322 e. The number of carbonyl (C=O) groups excluding carboxylic acids is 1. The molecule has 22 heavy (non-hydrogen) atoms. The van der Waals surface area contributed by atoms with Crippen molar-refractivity contribution in [3.8, 4) is 0 Å². The van der Waals surface area contributed by atoms with Crippen LogP contribution in [-0.4, -0.2) is 34.2 Å². The summed E-state index contributed by atoms with van der Waals surface area (Å²) in [5.74, 6) is 0. The van der Waals surface area contributed by atoms with Gasteiger partial charge in [0.15, 0.2) is 0 Å². The molecule has 5 nitrogen and oxygen atoms in total. The normalized spacial score (nSPS) is 14.4. The zero-order valence-electron chi connectivity index (χ0n) is 11.9. The van der Waals surface area contributed by atoms with Crippen LogP contribution in [0.2, 0.25) is 5.02 Å². The molecule has 0 bridgehead atoms. The summed E-state index contributed by atoms with van der Waals surface area (Å²) in [4.78, 5) is 14.0. The molecule has 1 aliphatic heterocycles. The number of halogens is 1. The van der Waals surface area contributed by atoms with Gasteiger partial charge in [-0.1, -0.05) is 35.9 Å². The number of nitrogens with zero attached hydrogens (tertiary/aromatic N) is 3. The van der Waals surface area contributed by atoms with Crippen LogP contribution < -0.4 is 5.32 Å². The first-order valence-electron chi connectivity index (χ1n) is 7.01. The molecule has 2 heterocycles. The number of nitrogens with one attached hydrogen (secondary N) is 1. The summed E-state index contributed by atoms with van der Waals surface area (Å²) in [6.07, 6.45) is 4.25. The Hall–Kier alpha value is -2.40. The first-order valence-corrected chi connectivity index (χ1v) is 7.39. The van der Waals surface area contributed by atoms with E-state index < -0.39 is 0 Å². The number of rotatable bonds is 2. The second-order valence-corrected chi connectivity index (χ2v) is 5.36. The van der Waals surface area contributed by atoms with Gasteiger partial charge in [0, 0.05) is 18.8 Å². The molecule has 0 saturated heterocycles. The number of hydrogen-bond acceptors (Lipinski definition) is 3. The Morgan fingerprint density at radius 2 is 2.05 bits per heavy atom. The van der Waals surface area contributed by atoms with Crippen LogP contribution >= 0.6 is 11.6 Å². The Bertz CT molecular complexity index is 702. The van der Waals surface area contributed by atoms with Gasteiger partial charge >= 0.3 is 6.03 Å². The second-order valence-electron chi connectivity index (χ2n) is 4.95. The molecule has 3 rings (SSSR count). The smallest absolute Gasteiger partial charge is 0.320 e. The maximum absolute atomic E-state index is 12.2. The lowest BCUT2D eigenvalue weighted by atomic mass is 10.0. The highest BCUT2D eigenvalue weighted by Gasteiger charge is 2.19. The van der Waals surface area contributed by atoms with Gasteiger partial charge in [-0.3, -0.25) is 0 Å². The van der Waals surface area contributed by atoms with Crippen molar-refractivity contribution in [3.05, 3.63) is 59.4 Å². The molecular formula is C16H15ClN4O. The van der Waals surface area contributed by atoms with E-state index in [1.807, 2.05) is 36.4 Å². The maximum atomic E-state index is 12.2. The van der Waals surface area contributed by atoms with Gasteiger partial charge in [0.1, 0.15) is 5.69 Å². The molecule has 1 aromatic carbocycles. The van der Waals surface area contributed by atoms with Crippen LogP contribution in [0.25, 0.3) is 5.57 Å². The number of anilines is 1. The Balaban J connectivity index is 1.66. The number of para-hydroxylation sites is 1. The molecule has 2 aromatic rings. The summed E-state index contributed by atoms with van der Waals surface area (Å²) >= 11 is 6.13. The van der Waals surface area contributed by atoms with Gasteiger partial charge < -0.3 is 10.2 Å². The van der Waals surface area contributed by atoms with E-state index in [9.17, 15) is 4.79 Å². The lowest BCUT2D eigenvalue weighted by Gasteiger charge is -2.26. The third kappa shape index (κ3) is 3.26. The molecule has 1 aliphatic rings. The van der Waals surface area contributed by atoms with E-state index in [4.69, 9.17) is 11.6 Å². The largest absolute Gasteiger partial charge is 0.322 e. The summed E-state index contributed by atoms with van der Waals surface area (Å²) in [6, 6.07) is 11.0. The summed E-state index contributed by atoms with van der Waals surface area (Å²) in [7, 11) is 0. The Kier molecular flexibility index (Phi) is 4.34. The molecule has 0 fully saturated rings. The van der Waals surface area contributed by atoms with E-state index in [0.29, 0.717) is 30.2 Å². The molecular weight excluding hydrogens is 300 g/mol. The molecule has 0 spiro atoms. The Labute approximate surface area is 133 Å². The Morgan fingerprint density at radius 1 is 1.23 bits per heavy atom. The predicted molar refractivity (Wildman–Crippen MR) is 86.7 cm³/mol. The first kappa shape index (κ1) is 14.5. The van der Waals surface area contributed by atoms with Crippen LogP contribution in [0, 0.1) is 0 Å². The average molecular weight is 315 g/mol. The summed E-state index contributed by atoms with van der Waals surface area (Å²) < 4.78 is 0. The highest BCUT2D eigenvalue weighted by Crippen LogP contribution is 2.26. The van der Waals surface area contributed by atoms with Crippen molar-refractivity contribution in [2.75, 3.05) is 18.4 Å². The van der Waals surface area contributed by atoms with E-state index in [-0.39, 0.29) is 6.03 Å². The quantitative estimate of drug-likeness (QED) is 0.923. The van der Waals surface area contributed by atoms with E-state index in [0.717, 1.165) is 11.3 Å². The standard InChI is InChI=1S/C16H15ClN4O/c17-14-6-9-18-20-15(14)12-7-10-21(11-8-12)16(22)19-13-4-2-1-3-5-13/h1-7,9H,8,10-11H2,(H,19,22). The van der Waals surface area contributed by atoms with Crippen molar-refractivity contribution < 1.29 is 4.79 Å². The van der Waals surface area contributed by atoms with Crippen molar-refractivity contribution in [1.82, 2.24) is 15.1 Å². The molecule has 0 radical (unpaired) electrons. The first-order chi connectivity index (χ1) is 10.7. The average Bonchev–Trinajstić information content (AvgIpc) is 2.56. The minimum absolute atomic E-state index is 0.105. The highest BCUT2D eigenvalue weighted by molar-refractivity contribution is 6.32. The van der Waals surface area contributed by atoms with Crippen molar-refractivity contribution in [2.45, 2.75) is 6.42 Å². The molecule has 6 heteroatoms. The minimum atomic E-state index is -0.105. The van der Waals surface area contributed by atoms with Crippen molar-refractivity contribution in [1.29, 1.82) is 0 Å². The fraction of sp³-hybridized carbons (Fsp3) is 0.188. The third-order valence-electron chi connectivity index (χ3n) is 3.50. The number of aromatic nitrogens is 2. The van der Waals surface area contributed by atoms with E-state index in [2.05, 4.69) is 15.5 Å². The van der Waals surface area contributed by atoms with Gasteiger partial charge in [0.2, 0.25) is 0 Å². The fourth-order valence-electron chi connectivity index (χ4n) is 2.33.